The van der Waals surface area contributed by atoms with Gasteiger partial charge in [-0.1, -0.05) is 30.3 Å². The first-order valence-corrected chi connectivity index (χ1v) is 9.54. The second-order valence-electron chi connectivity index (χ2n) is 7.38. The Morgan fingerprint density at radius 2 is 1.60 bits per heavy atom. The lowest BCUT2D eigenvalue weighted by Gasteiger charge is -2.51. The number of rotatable bonds is 2. The normalized spacial score (nSPS) is 23.0. The summed E-state index contributed by atoms with van der Waals surface area (Å²) in [6.45, 7) is 1.46. The monoisotopic (exact) mass is 405 g/mol. The summed E-state index contributed by atoms with van der Waals surface area (Å²) in [4.78, 5) is 46.6. The van der Waals surface area contributed by atoms with Gasteiger partial charge in [0.1, 0.15) is 17.7 Å². The van der Waals surface area contributed by atoms with Crippen LogP contribution in [0.15, 0.2) is 53.9 Å². The molecule has 2 aromatic rings. The van der Waals surface area contributed by atoms with Gasteiger partial charge < -0.3 is 14.4 Å². The number of aromatic nitrogens is 1. The minimum atomic E-state index is -0.757. The molecule has 4 heterocycles. The van der Waals surface area contributed by atoms with Gasteiger partial charge in [-0.25, -0.2) is 14.6 Å². The molecule has 8 nitrogen and oxygen atoms in total. The van der Waals surface area contributed by atoms with Gasteiger partial charge in [0.05, 0.1) is 31.8 Å². The van der Waals surface area contributed by atoms with E-state index in [2.05, 4.69) is 4.98 Å². The second kappa shape index (κ2) is 6.41. The Kier molecular flexibility index (Phi) is 3.92. The van der Waals surface area contributed by atoms with Gasteiger partial charge in [-0.15, -0.1) is 0 Å². The maximum Gasteiger partial charge on any atom is 0.355 e. The molecule has 1 aromatic heterocycles. The quantitative estimate of drug-likeness (QED) is 0.705. The van der Waals surface area contributed by atoms with Crippen LogP contribution < -0.4 is 4.90 Å². The molecule has 3 aliphatic heterocycles. The molecular weight excluding hydrogens is 386 g/mol. The summed E-state index contributed by atoms with van der Waals surface area (Å²) in [5.41, 5.74) is 2.79. The molecule has 152 valence electrons. The van der Waals surface area contributed by atoms with E-state index in [0.717, 1.165) is 16.7 Å². The number of anilines is 1. The van der Waals surface area contributed by atoms with Crippen LogP contribution in [-0.4, -0.2) is 48.1 Å². The third-order valence-corrected chi connectivity index (χ3v) is 6.05. The predicted octanol–water partition coefficient (Wildman–Crippen LogP) is 1.88. The van der Waals surface area contributed by atoms with Crippen LogP contribution in [-0.2, 0) is 23.9 Å². The largest absolute Gasteiger partial charge is 0.466 e. The van der Waals surface area contributed by atoms with Crippen molar-refractivity contribution in [1.29, 1.82) is 0 Å². The Morgan fingerprint density at radius 3 is 2.27 bits per heavy atom. The molecule has 5 rings (SSSR count). The first kappa shape index (κ1) is 18.4. The van der Waals surface area contributed by atoms with E-state index in [9.17, 15) is 14.4 Å². The molecule has 8 heteroatoms. The Labute approximate surface area is 172 Å². The molecule has 0 fully saturated rings. The number of ether oxygens (including phenoxy) is 2. The van der Waals surface area contributed by atoms with E-state index in [1.54, 1.807) is 16.0 Å². The summed E-state index contributed by atoms with van der Waals surface area (Å²) < 4.78 is 10.1. The van der Waals surface area contributed by atoms with Crippen LogP contribution in [0, 0.1) is 0 Å². The lowest BCUT2D eigenvalue weighted by atomic mass is 9.76. The fraction of sp³-hybridized carbons (Fsp3) is 0.273. The summed E-state index contributed by atoms with van der Waals surface area (Å²) in [5.74, 6) is -1.28. The van der Waals surface area contributed by atoms with Gasteiger partial charge in [-0.3, -0.25) is 9.69 Å². The van der Waals surface area contributed by atoms with E-state index in [1.165, 1.54) is 21.1 Å². The van der Waals surface area contributed by atoms with Gasteiger partial charge in [0.2, 0.25) is 5.91 Å². The number of benzene rings is 1. The van der Waals surface area contributed by atoms with Gasteiger partial charge in [0, 0.05) is 18.7 Å². The number of carbonyl (C=O) groups excluding carboxylic acids is 3. The minimum absolute atomic E-state index is 0.0637. The fourth-order valence-corrected chi connectivity index (χ4v) is 5.03. The zero-order valence-corrected chi connectivity index (χ0v) is 16.7. The van der Waals surface area contributed by atoms with Gasteiger partial charge >= 0.3 is 11.9 Å². The molecule has 1 aromatic carbocycles. The van der Waals surface area contributed by atoms with Gasteiger partial charge in [-0.05, 0) is 17.2 Å². The number of pyridine rings is 1. The van der Waals surface area contributed by atoms with Crippen LogP contribution in [0.25, 0.3) is 0 Å². The van der Waals surface area contributed by atoms with E-state index < -0.39 is 24.1 Å². The highest BCUT2D eigenvalue weighted by atomic mass is 16.5. The summed E-state index contributed by atoms with van der Waals surface area (Å²) in [7, 11) is 2.51. The smallest absolute Gasteiger partial charge is 0.355 e. The molecule has 0 N–H and O–H groups in total. The Morgan fingerprint density at radius 1 is 0.933 bits per heavy atom. The standard InChI is InChI=1S/C22H19N3O5/c1-11(26)24-17-13-8-5-4-7-12(13)15-14-9-6-10-23-19(14)25(20(15)24)18(22(28)30-3)16(17)21(27)29-2/h4-10,15,17,20H,1-3H3/t15-,17+,20+/m0/s1. The molecule has 0 radical (unpaired) electrons. The highest BCUT2D eigenvalue weighted by molar-refractivity contribution is 6.06. The van der Waals surface area contributed by atoms with Gasteiger partial charge in [0.25, 0.3) is 0 Å². The van der Waals surface area contributed by atoms with Crippen LogP contribution >= 0.6 is 0 Å². The zero-order chi connectivity index (χ0) is 21.2. The van der Waals surface area contributed by atoms with Crippen LogP contribution in [0.4, 0.5) is 5.82 Å². The van der Waals surface area contributed by atoms with Crippen LogP contribution in [0.5, 0.6) is 0 Å². The molecule has 3 atom stereocenters. The summed E-state index contributed by atoms with van der Waals surface area (Å²) in [6.07, 6.45) is 1.09. The van der Waals surface area contributed by atoms with E-state index in [1.807, 2.05) is 36.4 Å². The number of amides is 1. The molecule has 0 saturated heterocycles. The fourth-order valence-electron chi connectivity index (χ4n) is 5.03. The molecule has 0 saturated carbocycles. The summed E-state index contributed by atoms with van der Waals surface area (Å²) in [6, 6.07) is 10.7. The van der Waals surface area contributed by atoms with Crippen molar-refractivity contribution < 1.29 is 23.9 Å². The highest BCUT2D eigenvalue weighted by Gasteiger charge is 2.59. The zero-order valence-electron chi connectivity index (χ0n) is 16.7. The van der Waals surface area contributed by atoms with Crippen molar-refractivity contribution in [3.63, 3.8) is 0 Å². The second-order valence-corrected chi connectivity index (χ2v) is 7.38. The first-order chi connectivity index (χ1) is 14.5. The molecule has 0 aliphatic carbocycles. The first-order valence-electron chi connectivity index (χ1n) is 9.54. The molecule has 1 amide bonds. The van der Waals surface area contributed by atoms with Crippen LogP contribution in [0.3, 0.4) is 0 Å². The number of hydrogen-bond donors (Lipinski definition) is 0. The number of carbonyl (C=O) groups is 3. The molecule has 0 unspecified atom stereocenters. The van der Waals surface area contributed by atoms with Crippen molar-refractivity contribution in [1.82, 2.24) is 9.88 Å². The van der Waals surface area contributed by atoms with Crippen LogP contribution in [0.1, 0.15) is 35.6 Å². The summed E-state index contributed by atoms with van der Waals surface area (Å²) in [5, 5.41) is 0. The van der Waals surface area contributed by atoms with Crippen molar-refractivity contribution >= 4 is 23.7 Å². The van der Waals surface area contributed by atoms with Gasteiger partial charge in [-0.2, -0.15) is 0 Å². The lowest BCUT2D eigenvalue weighted by molar-refractivity contribution is -0.144. The van der Waals surface area contributed by atoms with Crippen molar-refractivity contribution in [2.24, 2.45) is 0 Å². The SMILES string of the molecule is COC(=O)C1=C(C(=O)OC)N2c3ncccc3[C@@H]3c4ccccc4[C@H]1N(C(C)=O)[C@@H]32. The number of fused-ring (bicyclic) bond motifs is 7. The number of hydrogen-bond acceptors (Lipinski definition) is 7. The Balaban J connectivity index is 1.96. The molecule has 0 spiro atoms. The lowest BCUT2D eigenvalue weighted by Crippen LogP contribution is -2.60. The van der Waals surface area contributed by atoms with E-state index in [0.29, 0.717) is 5.82 Å². The number of esters is 2. The topological polar surface area (TPSA) is 89.0 Å². The van der Waals surface area contributed by atoms with E-state index in [-0.39, 0.29) is 23.1 Å². The number of nitrogens with zero attached hydrogens (tertiary/aromatic N) is 3. The molecule has 30 heavy (non-hydrogen) atoms. The van der Waals surface area contributed by atoms with Crippen molar-refractivity contribution in [2.45, 2.75) is 25.0 Å². The third-order valence-electron chi connectivity index (χ3n) is 6.05. The minimum Gasteiger partial charge on any atom is -0.466 e. The molecular formula is C22H19N3O5. The van der Waals surface area contributed by atoms with Crippen molar-refractivity contribution in [3.8, 4) is 0 Å². The Hall–Kier alpha value is -3.68. The van der Waals surface area contributed by atoms with E-state index >= 15 is 0 Å². The summed E-state index contributed by atoms with van der Waals surface area (Å²) >= 11 is 0. The Bertz CT molecular complexity index is 1140. The molecule has 2 bridgehead atoms. The predicted molar refractivity (Wildman–Crippen MR) is 105 cm³/mol. The average molecular weight is 405 g/mol. The van der Waals surface area contributed by atoms with Gasteiger partial charge in [0.15, 0.2) is 0 Å². The van der Waals surface area contributed by atoms with E-state index in [4.69, 9.17) is 9.47 Å². The number of methoxy groups -OCH3 is 2. The van der Waals surface area contributed by atoms with Crippen molar-refractivity contribution in [3.05, 3.63) is 70.6 Å². The third kappa shape index (κ3) is 2.16. The van der Waals surface area contributed by atoms with Crippen molar-refractivity contribution in [2.75, 3.05) is 19.1 Å². The molecule has 3 aliphatic rings. The van der Waals surface area contributed by atoms with Crippen LogP contribution in [0.2, 0.25) is 0 Å². The average Bonchev–Trinajstić information content (AvgIpc) is 3.13. The highest BCUT2D eigenvalue weighted by Crippen LogP contribution is 2.58. The maximum absolute atomic E-state index is 13.0. The maximum atomic E-state index is 13.0.